The lowest BCUT2D eigenvalue weighted by atomic mass is 10.1. The summed E-state index contributed by atoms with van der Waals surface area (Å²) in [6.45, 7) is 4.35. The van der Waals surface area contributed by atoms with Gasteiger partial charge in [-0.2, -0.15) is 0 Å². The van der Waals surface area contributed by atoms with Crippen molar-refractivity contribution in [2.45, 2.75) is 31.7 Å². The Balaban J connectivity index is 2.10. The van der Waals surface area contributed by atoms with Gasteiger partial charge in [0.05, 0.1) is 7.11 Å². The number of ether oxygens (including phenoxy) is 1. The minimum atomic E-state index is -3.89. The average molecular weight is 332 g/mol. The smallest absolute Gasteiger partial charge is 0.264 e. The minimum absolute atomic E-state index is 0.00824. The molecular weight excluding hydrogens is 314 g/mol. The van der Waals surface area contributed by atoms with Gasteiger partial charge in [-0.25, -0.2) is 8.42 Å². The van der Waals surface area contributed by atoms with Crippen molar-refractivity contribution in [3.05, 3.63) is 23.8 Å². The summed E-state index contributed by atoms with van der Waals surface area (Å²) in [5.74, 6) is 0.210. The van der Waals surface area contributed by atoms with Crippen LogP contribution in [0.15, 0.2) is 23.1 Å². The maximum atomic E-state index is 11.9. The lowest BCUT2D eigenvalue weighted by molar-refractivity contribution is -0.123. The average Bonchev–Trinajstić information content (AvgIpc) is 3.04. The molecule has 1 amide bonds. The Morgan fingerprint density at radius 1 is 1.48 bits per heavy atom. The van der Waals surface area contributed by atoms with E-state index in [9.17, 15) is 13.2 Å². The molecule has 1 aromatic rings. The lowest BCUT2D eigenvalue weighted by Crippen LogP contribution is -2.26. The van der Waals surface area contributed by atoms with E-state index in [1.165, 1.54) is 19.2 Å². The van der Waals surface area contributed by atoms with Gasteiger partial charge in [0.1, 0.15) is 10.6 Å². The molecule has 0 aromatic heterocycles. The predicted molar refractivity (Wildman–Crippen MR) is 79.8 cm³/mol. The van der Waals surface area contributed by atoms with Crippen LogP contribution < -0.4 is 10.1 Å². The van der Waals surface area contributed by atoms with Crippen molar-refractivity contribution in [3.8, 4) is 5.75 Å². The molecule has 1 aliphatic carbocycles. The van der Waals surface area contributed by atoms with Crippen LogP contribution in [0, 0.1) is 11.3 Å². The second-order valence-corrected chi connectivity index (χ2v) is 8.42. The van der Waals surface area contributed by atoms with Gasteiger partial charge in [-0.15, -0.1) is 0 Å². The highest BCUT2D eigenvalue weighted by atomic mass is 35.7. The third-order valence-electron chi connectivity index (χ3n) is 3.79. The molecule has 2 rings (SSSR count). The summed E-state index contributed by atoms with van der Waals surface area (Å²) in [5.41, 5.74) is 0.719. The number of nitrogens with one attached hydrogen (secondary N) is 1. The molecule has 1 fully saturated rings. The van der Waals surface area contributed by atoms with Crippen molar-refractivity contribution in [2.75, 3.05) is 7.11 Å². The molecule has 0 saturated heterocycles. The van der Waals surface area contributed by atoms with Crippen molar-refractivity contribution in [1.82, 2.24) is 5.32 Å². The summed E-state index contributed by atoms with van der Waals surface area (Å²) in [4.78, 5) is 11.8. The SMILES string of the molecule is COc1ccc(CNC(=O)C2CC2(C)C)cc1S(=O)(=O)Cl. The van der Waals surface area contributed by atoms with Crippen LogP contribution in [0.25, 0.3) is 0 Å². The third-order valence-corrected chi connectivity index (χ3v) is 5.13. The summed E-state index contributed by atoms with van der Waals surface area (Å²) in [6.07, 6.45) is 0.878. The Morgan fingerprint density at radius 2 is 2.10 bits per heavy atom. The molecule has 7 heteroatoms. The van der Waals surface area contributed by atoms with Gasteiger partial charge >= 0.3 is 0 Å². The largest absolute Gasteiger partial charge is 0.495 e. The molecule has 116 valence electrons. The van der Waals surface area contributed by atoms with Gasteiger partial charge in [-0.3, -0.25) is 4.79 Å². The van der Waals surface area contributed by atoms with Crippen molar-refractivity contribution in [2.24, 2.45) is 11.3 Å². The third kappa shape index (κ3) is 3.68. The number of methoxy groups -OCH3 is 1. The van der Waals surface area contributed by atoms with Gasteiger partial charge in [0.15, 0.2) is 0 Å². The van der Waals surface area contributed by atoms with Crippen LogP contribution in [0.1, 0.15) is 25.8 Å². The molecule has 1 aromatic carbocycles. The molecule has 0 radical (unpaired) electrons. The normalized spacial score (nSPS) is 19.9. The molecule has 1 unspecified atom stereocenters. The number of rotatable bonds is 5. The van der Waals surface area contributed by atoms with Crippen molar-refractivity contribution >= 4 is 25.6 Å². The summed E-state index contributed by atoms with van der Waals surface area (Å²) in [5, 5.41) is 2.81. The van der Waals surface area contributed by atoms with E-state index in [-0.39, 0.29) is 34.4 Å². The fourth-order valence-electron chi connectivity index (χ4n) is 2.25. The molecule has 0 bridgehead atoms. The maximum Gasteiger partial charge on any atom is 0.264 e. The maximum absolute atomic E-state index is 11.9. The number of benzene rings is 1. The molecule has 1 aliphatic rings. The fourth-order valence-corrected chi connectivity index (χ4v) is 3.29. The van der Waals surface area contributed by atoms with Crippen LogP contribution in [-0.4, -0.2) is 21.4 Å². The highest BCUT2D eigenvalue weighted by Gasteiger charge is 2.50. The second-order valence-electron chi connectivity index (χ2n) is 5.89. The molecular formula is C14H18ClNO4S. The zero-order chi connectivity index (χ0) is 15.8. The Kier molecular flexibility index (Phi) is 4.22. The topological polar surface area (TPSA) is 72.5 Å². The van der Waals surface area contributed by atoms with Crippen molar-refractivity contribution < 1.29 is 17.9 Å². The molecule has 5 nitrogen and oxygen atoms in total. The van der Waals surface area contributed by atoms with Gasteiger partial charge in [0.2, 0.25) is 5.91 Å². The van der Waals surface area contributed by atoms with E-state index in [0.717, 1.165) is 6.42 Å². The minimum Gasteiger partial charge on any atom is -0.495 e. The highest BCUT2D eigenvalue weighted by molar-refractivity contribution is 8.13. The second kappa shape index (κ2) is 5.50. The van der Waals surface area contributed by atoms with Gasteiger partial charge in [0, 0.05) is 23.1 Å². The zero-order valence-electron chi connectivity index (χ0n) is 12.1. The Labute approximate surface area is 129 Å². The summed E-state index contributed by atoms with van der Waals surface area (Å²) >= 11 is 0. The van der Waals surface area contributed by atoms with Crippen LogP contribution in [-0.2, 0) is 20.4 Å². The summed E-state index contributed by atoms with van der Waals surface area (Å²) < 4.78 is 28.0. The van der Waals surface area contributed by atoms with E-state index >= 15 is 0 Å². The number of carbonyl (C=O) groups is 1. The lowest BCUT2D eigenvalue weighted by Gasteiger charge is -2.10. The van der Waals surface area contributed by atoms with Gasteiger partial charge in [-0.1, -0.05) is 19.9 Å². The number of hydrogen-bond donors (Lipinski definition) is 1. The van der Waals surface area contributed by atoms with Crippen LogP contribution in [0.5, 0.6) is 5.75 Å². The predicted octanol–water partition coefficient (Wildman–Crippen LogP) is 2.29. The number of halogens is 1. The highest BCUT2D eigenvalue weighted by Crippen LogP contribution is 2.51. The monoisotopic (exact) mass is 331 g/mol. The zero-order valence-corrected chi connectivity index (χ0v) is 13.7. The standard InChI is InChI=1S/C14H18ClNO4S/c1-14(2)7-10(14)13(17)16-8-9-4-5-11(20-3)12(6-9)21(15,18)19/h4-6,10H,7-8H2,1-3H3,(H,16,17). The fraction of sp³-hybridized carbons (Fsp3) is 0.500. The van der Waals surface area contributed by atoms with Crippen LogP contribution >= 0.6 is 10.7 Å². The Bertz CT molecular complexity index is 670. The first-order valence-electron chi connectivity index (χ1n) is 6.54. The van der Waals surface area contributed by atoms with Crippen molar-refractivity contribution in [1.29, 1.82) is 0 Å². The van der Waals surface area contributed by atoms with Crippen molar-refractivity contribution in [3.63, 3.8) is 0 Å². The van der Waals surface area contributed by atoms with Gasteiger partial charge < -0.3 is 10.1 Å². The van der Waals surface area contributed by atoms with E-state index < -0.39 is 9.05 Å². The number of carbonyl (C=O) groups excluding carboxylic acids is 1. The van der Waals surface area contributed by atoms with Gasteiger partial charge in [0.25, 0.3) is 9.05 Å². The first kappa shape index (κ1) is 16.1. The first-order valence-corrected chi connectivity index (χ1v) is 8.85. The quantitative estimate of drug-likeness (QED) is 0.840. The van der Waals surface area contributed by atoms with Crippen LogP contribution in [0.2, 0.25) is 0 Å². The molecule has 1 atom stereocenters. The number of hydrogen-bond acceptors (Lipinski definition) is 4. The molecule has 0 aliphatic heterocycles. The molecule has 21 heavy (non-hydrogen) atoms. The van der Waals surface area contributed by atoms with E-state index in [0.29, 0.717) is 5.56 Å². The Morgan fingerprint density at radius 3 is 2.57 bits per heavy atom. The van der Waals surface area contributed by atoms with E-state index in [2.05, 4.69) is 5.32 Å². The van der Waals surface area contributed by atoms with Crippen LogP contribution in [0.3, 0.4) is 0 Å². The Hall–Kier alpha value is -1.27. The van der Waals surface area contributed by atoms with E-state index in [4.69, 9.17) is 15.4 Å². The van der Waals surface area contributed by atoms with E-state index in [1.807, 2.05) is 13.8 Å². The van der Waals surface area contributed by atoms with E-state index in [1.54, 1.807) is 6.07 Å². The molecule has 1 saturated carbocycles. The number of amides is 1. The molecule has 0 spiro atoms. The molecule has 1 N–H and O–H groups in total. The van der Waals surface area contributed by atoms with Gasteiger partial charge in [-0.05, 0) is 29.5 Å². The summed E-state index contributed by atoms with van der Waals surface area (Å²) in [7, 11) is 2.86. The first-order chi connectivity index (χ1) is 9.65. The summed E-state index contributed by atoms with van der Waals surface area (Å²) in [6, 6.07) is 4.64. The van der Waals surface area contributed by atoms with Crippen LogP contribution in [0.4, 0.5) is 0 Å². The molecule has 0 heterocycles.